The third-order valence-corrected chi connectivity index (χ3v) is 5.47. The van der Waals surface area contributed by atoms with Gasteiger partial charge in [0, 0.05) is 12.1 Å². The molecule has 9 nitrogen and oxygen atoms in total. The Bertz CT molecular complexity index is 1140. The Balaban J connectivity index is 1.98. The Morgan fingerprint density at radius 1 is 1.16 bits per heavy atom. The number of non-ortho nitro benzene ring substituents is 1. The summed E-state index contributed by atoms with van der Waals surface area (Å²) in [5.74, 6) is -0.870. The van der Waals surface area contributed by atoms with E-state index in [4.69, 9.17) is 4.74 Å². The van der Waals surface area contributed by atoms with E-state index in [0.29, 0.717) is 37.7 Å². The van der Waals surface area contributed by atoms with Crippen molar-refractivity contribution in [2.75, 3.05) is 11.5 Å². The number of rotatable bonds is 6. The number of nitro benzene ring substituents is 1. The summed E-state index contributed by atoms with van der Waals surface area (Å²) < 4.78 is 6.98. The van der Waals surface area contributed by atoms with Crippen LogP contribution in [0.2, 0.25) is 0 Å². The topological polar surface area (TPSA) is 119 Å². The van der Waals surface area contributed by atoms with Gasteiger partial charge in [-0.05, 0) is 67.6 Å². The number of halogens is 2. The molecule has 1 N–H and O–H groups in total. The molecule has 1 fully saturated rings. The highest BCUT2D eigenvalue weighted by atomic mass is 79.9. The predicted octanol–water partition coefficient (Wildman–Crippen LogP) is 4.82. The number of carbonyl (C=O) groups is 3. The Morgan fingerprint density at radius 2 is 1.81 bits per heavy atom. The van der Waals surface area contributed by atoms with E-state index in [0.717, 1.165) is 6.07 Å². The van der Waals surface area contributed by atoms with Crippen LogP contribution in [-0.4, -0.2) is 29.4 Å². The molecule has 0 aromatic heterocycles. The van der Waals surface area contributed by atoms with Gasteiger partial charge in [0.1, 0.15) is 11.3 Å². The van der Waals surface area contributed by atoms with Crippen molar-refractivity contribution in [2.45, 2.75) is 13.8 Å². The SMILES string of the molecule is CC(C)COc1c(Br)cc(/C=C2\C(=O)NC(=O)N(c3cccc([N+](=O)[O-])c3)C2=O)cc1Br. The van der Waals surface area contributed by atoms with E-state index >= 15 is 0 Å². The maximum atomic E-state index is 13.0. The maximum Gasteiger partial charge on any atom is 0.335 e. The molecular weight excluding hydrogens is 550 g/mol. The summed E-state index contributed by atoms with van der Waals surface area (Å²) in [6.07, 6.45) is 1.33. The van der Waals surface area contributed by atoms with Crippen molar-refractivity contribution in [3.63, 3.8) is 0 Å². The van der Waals surface area contributed by atoms with Crippen LogP contribution in [0.5, 0.6) is 5.75 Å². The molecule has 1 heterocycles. The summed E-state index contributed by atoms with van der Waals surface area (Å²) in [6.45, 7) is 4.53. The van der Waals surface area contributed by atoms with Crippen molar-refractivity contribution in [1.29, 1.82) is 0 Å². The number of nitrogens with one attached hydrogen (secondary N) is 1. The molecule has 1 saturated heterocycles. The van der Waals surface area contributed by atoms with Crippen molar-refractivity contribution in [3.05, 3.63) is 66.6 Å². The van der Waals surface area contributed by atoms with Gasteiger partial charge in [-0.1, -0.05) is 19.9 Å². The summed E-state index contributed by atoms with van der Waals surface area (Å²) in [5, 5.41) is 13.1. The first-order chi connectivity index (χ1) is 15.1. The Labute approximate surface area is 199 Å². The zero-order valence-electron chi connectivity index (χ0n) is 16.9. The Kier molecular flexibility index (Phi) is 7.09. The Hall–Kier alpha value is -3.05. The summed E-state index contributed by atoms with van der Waals surface area (Å²) in [6, 6.07) is 7.38. The number of benzene rings is 2. The van der Waals surface area contributed by atoms with Gasteiger partial charge in [0.15, 0.2) is 0 Å². The van der Waals surface area contributed by atoms with Gasteiger partial charge in [-0.2, -0.15) is 0 Å². The molecule has 11 heteroatoms. The van der Waals surface area contributed by atoms with Gasteiger partial charge in [-0.3, -0.25) is 25.0 Å². The van der Waals surface area contributed by atoms with E-state index in [1.165, 1.54) is 24.3 Å². The second kappa shape index (κ2) is 9.61. The fourth-order valence-corrected chi connectivity index (χ4v) is 4.31. The molecule has 0 aliphatic carbocycles. The number of nitro groups is 1. The zero-order valence-corrected chi connectivity index (χ0v) is 20.1. The van der Waals surface area contributed by atoms with Crippen LogP contribution >= 0.6 is 31.9 Å². The van der Waals surface area contributed by atoms with E-state index < -0.39 is 22.8 Å². The molecule has 1 aliphatic rings. The summed E-state index contributed by atoms with van der Waals surface area (Å²) in [5.41, 5.74) is -0.131. The van der Waals surface area contributed by atoms with Crippen molar-refractivity contribution in [3.8, 4) is 5.75 Å². The lowest BCUT2D eigenvalue weighted by Crippen LogP contribution is -2.54. The molecule has 0 spiro atoms. The van der Waals surface area contributed by atoms with Crippen LogP contribution in [-0.2, 0) is 9.59 Å². The van der Waals surface area contributed by atoms with E-state index in [-0.39, 0.29) is 16.9 Å². The third-order valence-electron chi connectivity index (χ3n) is 4.29. The molecule has 2 aromatic rings. The minimum atomic E-state index is -0.988. The lowest BCUT2D eigenvalue weighted by Gasteiger charge is -2.26. The summed E-state index contributed by atoms with van der Waals surface area (Å²) in [7, 11) is 0. The van der Waals surface area contributed by atoms with Gasteiger partial charge >= 0.3 is 6.03 Å². The smallest absolute Gasteiger partial charge is 0.335 e. The van der Waals surface area contributed by atoms with Gasteiger partial charge in [0.2, 0.25) is 0 Å². The van der Waals surface area contributed by atoms with Crippen molar-refractivity contribution < 1.29 is 24.0 Å². The van der Waals surface area contributed by atoms with Crippen LogP contribution in [0.25, 0.3) is 6.08 Å². The lowest BCUT2D eigenvalue weighted by molar-refractivity contribution is -0.384. The monoisotopic (exact) mass is 565 g/mol. The fraction of sp³-hybridized carbons (Fsp3) is 0.190. The minimum absolute atomic E-state index is 0.0279. The number of amides is 4. The van der Waals surface area contributed by atoms with Gasteiger partial charge in [0.25, 0.3) is 17.5 Å². The van der Waals surface area contributed by atoms with E-state index in [1.807, 2.05) is 13.8 Å². The number of anilines is 1. The van der Waals surface area contributed by atoms with Gasteiger partial charge in [-0.15, -0.1) is 0 Å². The molecule has 2 aromatic carbocycles. The summed E-state index contributed by atoms with van der Waals surface area (Å²) in [4.78, 5) is 48.8. The maximum absolute atomic E-state index is 13.0. The normalized spacial score (nSPS) is 15.3. The number of imide groups is 2. The number of ether oxygens (including phenoxy) is 1. The molecule has 0 saturated carbocycles. The molecule has 0 unspecified atom stereocenters. The first-order valence-corrected chi connectivity index (χ1v) is 10.9. The average Bonchev–Trinajstić information content (AvgIpc) is 2.70. The molecule has 0 bridgehead atoms. The van der Waals surface area contributed by atoms with E-state index in [2.05, 4.69) is 37.2 Å². The zero-order chi connectivity index (χ0) is 23.6. The summed E-state index contributed by atoms with van der Waals surface area (Å²) >= 11 is 6.85. The number of hydrogen-bond donors (Lipinski definition) is 1. The molecular formula is C21H17Br2N3O6. The number of urea groups is 1. The number of nitrogens with zero attached hydrogens (tertiary/aromatic N) is 2. The predicted molar refractivity (Wildman–Crippen MR) is 124 cm³/mol. The van der Waals surface area contributed by atoms with Crippen molar-refractivity contribution in [2.24, 2.45) is 5.92 Å². The lowest BCUT2D eigenvalue weighted by atomic mass is 10.1. The molecule has 0 atom stereocenters. The van der Waals surface area contributed by atoms with Crippen LogP contribution in [0.1, 0.15) is 19.4 Å². The molecule has 4 amide bonds. The van der Waals surface area contributed by atoms with Crippen molar-refractivity contribution in [1.82, 2.24) is 5.32 Å². The van der Waals surface area contributed by atoms with Crippen molar-refractivity contribution >= 4 is 67.2 Å². The first kappa shape index (κ1) is 23.6. The van der Waals surface area contributed by atoms with Gasteiger partial charge in [0.05, 0.1) is 26.2 Å². The molecule has 166 valence electrons. The van der Waals surface area contributed by atoms with Crippen LogP contribution in [0.3, 0.4) is 0 Å². The third kappa shape index (κ3) is 5.05. The Morgan fingerprint density at radius 3 is 2.41 bits per heavy atom. The standard InChI is InChI=1S/C21H17Br2N3O6/c1-11(2)10-32-18-16(22)7-12(8-17(18)23)6-15-19(27)24-21(29)25(20(15)28)13-4-3-5-14(9-13)26(30)31/h3-9,11H,10H2,1-2H3,(H,24,27,29)/b15-6+. The van der Waals surface area contributed by atoms with Crippen LogP contribution < -0.4 is 15.0 Å². The highest BCUT2D eigenvalue weighted by Gasteiger charge is 2.37. The van der Waals surface area contributed by atoms with Crippen LogP contribution in [0, 0.1) is 16.0 Å². The highest BCUT2D eigenvalue weighted by Crippen LogP contribution is 2.36. The van der Waals surface area contributed by atoms with Crippen LogP contribution in [0.4, 0.5) is 16.2 Å². The van der Waals surface area contributed by atoms with E-state index in [9.17, 15) is 24.5 Å². The van der Waals surface area contributed by atoms with E-state index in [1.54, 1.807) is 12.1 Å². The number of carbonyl (C=O) groups excluding carboxylic acids is 3. The van der Waals surface area contributed by atoms with Gasteiger partial charge < -0.3 is 4.74 Å². The average molecular weight is 567 g/mol. The largest absolute Gasteiger partial charge is 0.491 e. The molecule has 3 rings (SSSR count). The number of hydrogen-bond acceptors (Lipinski definition) is 6. The van der Waals surface area contributed by atoms with Crippen LogP contribution in [0.15, 0.2) is 50.9 Å². The second-order valence-electron chi connectivity index (χ2n) is 7.25. The minimum Gasteiger partial charge on any atom is -0.491 e. The molecule has 32 heavy (non-hydrogen) atoms. The molecule has 1 aliphatic heterocycles. The highest BCUT2D eigenvalue weighted by molar-refractivity contribution is 9.11. The first-order valence-electron chi connectivity index (χ1n) is 9.36. The second-order valence-corrected chi connectivity index (χ2v) is 8.96. The number of barbiturate groups is 1. The quantitative estimate of drug-likeness (QED) is 0.232. The molecule has 0 radical (unpaired) electrons. The van der Waals surface area contributed by atoms with Gasteiger partial charge in [-0.25, -0.2) is 9.69 Å². The fourth-order valence-electron chi connectivity index (χ4n) is 2.86.